The Hall–Kier alpha value is -1.31. The number of carbonyl (C=O) groups is 1. The zero-order chi connectivity index (χ0) is 8.97. The Morgan fingerprint density at radius 3 is 2.33 bits per heavy atom. The highest BCUT2D eigenvalue weighted by Gasteiger charge is 2.04. The highest BCUT2D eigenvalue weighted by molar-refractivity contribution is 5.94. The summed E-state index contributed by atoms with van der Waals surface area (Å²) < 4.78 is 0. The monoisotopic (exact) mass is 162 g/mol. The van der Waals surface area contributed by atoms with E-state index in [9.17, 15) is 4.79 Å². The van der Waals surface area contributed by atoms with Gasteiger partial charge in [-0.05, 0) is 26.0 Å². The van der Waals surface area contributed by atoms with Crippen LogP contribution in [-0.2, 0) is 0 Å². The van der Waals surface area contributed by atoms with E-state index in [1.54, 1.807) is 12.1 Å². The van der Waals surface area contributed by atoms with Gasteiger partial charge in [-0.1, -0.05) is 18.2 Å². The second-order valence-corrected chi connectivity index (χ2v) is 2.99. The fourth-order valence-corrected chi connectivity index (χ4v) is 0.935. The quantitative estimate of drug-likeness (QED) is 0.706. The van der Waals surface area contributed by atoms with Crippen molar-refractivity contribution >= 4 is 5.91 Å². The van der Waals surface area contributed by atoms with Gasteiger partial charge in [-0.15, -0.1) is 0 Å². The molecule has 2 heteroatoms. The van der Waals surface area contributed by atoms with E-state index in [2.05, 4.69) is 5.32 Å². The fourth-order valence-electron chi connectivity index (χ4n) is 0.935. The van der Waals surface area contributed by atoms with Crippen LogP contribution in [0.3, 0.4) is 0 Å². The van der Waals surface area contributed by atoms with E-state index < -0.39 is 0 Å². The summed E-state index contributed by atoms with van der Waals surface area (Å²) in [6.07, 6.45) is 0. The van der Waals surface area contributed by atoms with Gasteiger partial charge in [-0.25, -0.2) is 0 Å². The standard InChI is InChI=1S/C10H13NO/c1-8(2)11-10(12)9-6-4-3-5-7-9/h3-8H,1-2H3,(H,11,12)/i10-1. The summed E-state index contributed by atoms with van der Waals surface area (Å²) in [5.41, 5.74) is 0.714. The van der Waals surface area contributed by atoms with Gasteiger partial charge in [0.2, 0.25) is 0 Å². The molecule has 64 valence electrons. The molecule has 0 saturated carbocycles. The molecule has 1 amide bonds. The molecule has 0 radical (unpaired) electrons. The lowest BCUT2D eigenvalue weighted by Gasteiger charge is -2.07. The normalized spacial score (nSPS) is 9.92. The number of carbonyl (C=O) groups excluding carboxylic acids is 1. The van der Waals surface area contributed by atoms with Gasteiger partial charge in [0.05, 0.1) is 0 Å². The smallest absolute Gasteiger partial charge is 0.251 e. The molecule has 12 heavy (non-hydrogen) atoms. The van der Waals surface area contributed by atoms with Crippen molar-refractivity contribution in [1.82, 2.24) is 5.32 Å². The Labute approximate surface area is 72.6 Å². The minimum Gasteiger partial charge on any atom is -0.350 e. The van der Waals surface area contributed by atoms with Gasteiger partial charge in [-0.3, -0.25) is 4.79 Å². The van der Waals surface area contributed by atoms with E-state index >= 15 is 0 Å². The van der Waals surface area contributed by atoms with Gasteiger partial charge >= 0.3 is 0 Å². The van der Waals surface area contributed by atoms with E-state index in [1.807, 2.05) is 32.0 Å². The van der Waals surface area contributed by atoms with Crippen LogP contribution in [0.25, 0.3) is 0 Å². The number of nitrogens with one attached hydrogen (secondary N) is 1. The van der Waals surface area contributed by atoms with Crippen LogP contribution in [0, 0.1) is 0 Å². The van der Waals surface area contributed by atoms with Crippen LogP contribution in [0.15, 0.2) is 30.3 Å². The van der Waals surface area contributed by atoms with Crippen molar-refractivity contribution in [3.63, 3.8) is 0 Å². The highest BCUT2D eigenvalue weighted by Crippen LogP contribution is 1.98. The van der Waals surface area contributed by atoms with Gasteiger partial charge in [-0.2, -0.15) is 0 Å². The lowest BCUT2D eigenvalue weighted by molar-refractivity contribution is 0.0943. The predicted molar refractivity (Wildman–Crippen MR) is 49.0 cm³/mol. The summed E-state index contributed by atoms with van der Waals surface area (Å²) in [7, 11) is 0. The maximum atomic E-state index is 11.3. The molecule has 0 fully saturated rings. The van der Waals surface area contributed by atoms with Crippen LogP contribution in [0.5, 0.6) is 0 Å². The average molecular weight is 162 g/mol. The number of benzene rings is 1. The first-order chi connectivity index (χ1) is 5.70. The molecule has 0 aliphatic carbocycles. The lowest BCUT2D eigenvalue weighted by atomic mass is 9.88. The van der Waals surface area contributed by atoms with Gasteiger partial charge in [0.1, 0.15) is 0 Å². The van der Waals surface area contributed by atoms with E-state index in [4.69, 9.17) is 0 Å². The molecule has 0 bridgehead atoms. The molecule has 0 aliphatic heterocycles. The Bertz CT molecular complexity index is 254. The average Bonchev–Trinajstić information content (AvgIpc) is 2.05. The molecule has 0 atom stereocenters. The molecule has 1 rings (SSSR count). The number of amides is 1. The molecular weight excluding hydrogens is 149 g/mol. The van der Waals surface area contributed by atoms with Crippen molar-refractivity contribution in [2.75, 3.05) is 0 Å². The molecule has 0 aliphatic rings. The Kier molecular flexibility index (Phi) is 2.86. The molecule has 0 heterocycles. The van der Waals surface area contributed by atoms with Crippen LogP contribution < -0.4 is 5.32 Å². The Morgan fingerprint density at radius 2 is 1.83 bits per heavy atom. The third-order valence-corrected chi connectivity index (χ3v) is 1.46. The molecule has 2 nitrogen and oxygen atoms in total. The maximum absolute atomic E-state index is 11.3. The zero-order valence-corrected chi connectivity index (χ0v) is 7.37. The topological polar surface area (TPSA) is 29.1 Å². The van der Waals surface area contributed by atoms with Crippen molar-refractivity contribution in [3.05, 3.63) is 35.9 Å². The Balaban J connectivity index is 2.66. The van der Waals surface area contributed by atoms with E-state index in [-0.39, 0.29) is 11.9 Å². The molecule has 1 aromatic rings. The van der Waals surface area contributed by atoms with Crippen molar-refractivity contribution in [2.45, 2.75) is 19.9 Å². The summed E-state index contributed by atoms with van der Waals surface area (Å²) in [5, 5.41) is 2.82. The van der Waals surface area contributed by atoms with Crippen molar-refractivity contribution in [3.8, 4) is 0 Å². The highest BCUT2D eigenvalue weighted by atomic mass is 16.1. The third-order valence-electron chi connectivity index (χ3n) is 1.46. The van der Waals surface area contributed by atoms with E-state index in [1.165, 1.54) is 0 Å². The van der Waals surface area contributed by atoms with Gasteiger partial charge in [0.15, 0.2) is 0 Å². The van der Waals surface area contributed by atoms with Gasteiger partial charge < -0.3 is 5.32 Å². The fraction of sp³-hybridized carbons (Fsp3) is 0.300. The van der Waals surface area contributed by atoms with E-state index in [0.717, 1.165) is 0 Å². The molecule has 0 spiro atoms. The van der Waals surface area contributed by atoms with Crippen molar-refractivity contribution < 1.29 is 4.79 Å². The summed E-state index contributed by atoms with van der Waals surface area (Å²) in [4.78, 5) is 11.3. The SMILES string of the molecule is CC(C)N[11C](=O)c1ccccc1. The van der Waals surface area contributed by atoms with Crippen molar-refractivity contribution in [1.29, 1.82) is 0 Å². The van der Waals surface area contributed by atoms with Gasteiger partial charge in [0, 0.05) is 11.6 Å². The number of hydrogen-bond acceptors (Lipinski definition) is 1. The minimum absolute atomic E-state index is 0.00870. The van der Waals surface area contributed by atoms with Crippen LogP contribution in [0.4, 0.5) is 0 Å². The second-order valence-electron chi connectivity index (χ2n) is 2.99. The van der Waals surface area contributed by atoms with Crippen LogP contribution in [0.2, 0.25) is 0 Å². The molecule has 0 saturated heterocycles. The summed E-state index contributed by atoms with van der Waals surface area (Å²) in [5.74, 6) is -0.00870. The summed E-state index contributed by atoms with van der Waals surface area (Å²) >= 11 is 0. The summed E-state index contributed by atoms with van der Waals surface area (Å²) in [6, 6.07) is 9.41. The first-order valence-electron chi connectivity index (χ1n) is 4.06. The van der Waals surface area contributed by atoms with Crippen LogP contribution in [0.1, 0.15) is 24.2 Å². The molecular formula is C10H13NO. The molecule has 1 aromatic carbocycles. The lowest BCUT2D eigenvalue weighted by Crippen LogP contribution is -2.29. The van der Waals surface area contributed by atoms with E-state index in [0.29, 0.717) is 5.56 Å². The molecule has 0 unspecified atom stereocenters. The molecule has 0 aromatic heterocycles. The number of hydrogen-bond donors (Lipinski definition) is 1. The largest absolute Gasteiger partial charge is 0.350 e. The first kappa shape index (κ1) is 8.78. The Morgan fingerprint density at radius 1 is 1.25 bits per heavy atom. The zero-order valence-electron chi connectivity index (χ0n) is 7.37. The second kappa shape index (κ2) is 3.90. The third kappa shape index (κ3) is 2.38. The predicted octanol–water partition coefficient (Wildman–Crippen LogP) is 1.82. The first-order valence-corrected chi connectivity index (χ1v) is 4.06. The number of rotatable bonds is 2. The van der Waals surface area contributed by atoms with Crippen LogP contribution in [-0.4, -0.2) is 11.9 Å². The van der Waals surface area contributed by atoms with Gasteiger partial charge in [0.25, 0.3) is 5.91 Å². The molecule has 1 N–H and O–H groups in total. The maximum Gasteiger partial charge on any atom is 0.251 e. The minimum atomic E-state index is -0.00870. The van der Waals surface area contributed by atoms with Crippen molar-refractivity contribution in [2.24, 2.45) is 0 Å². The summed E-state index contributed by atoms with van der Waals surface area (Å²) in [6.45, 7) is 3.89. The van der Waals surface area contributed by atoms with Crippen LogP contribution >= 0.6 is 0 Å².